The van der Waals surface area contributed by atoms with Crippen molar-refractivity contribution >= 4 is 83.2 Å². The van der Waals surface area contributed by atoms with E-state index in [0.717, 1.165) is 13.4 Å². The van der Waals surface area contributed by atoms with E-state index in [1.807, 2.05) is 0 Å². The minimum atomic E-state index is -1.96. The molecule has 0 aliphatic carbocycles. The largest absolute Gasteiger partial charge is 0.394 e. The van der Waals surface area contributed by atoms with Gasteiger partial charge in [0.25, 0.3) is 23.6 Å². The van der Waals surface area contributed by atoms with Gasteiger partial charge in [-0.25, -0.2) is 0 Å². The summed E-state index contributed by atoms with van der Waals surface area (Å²) >= 11 is 9.26. The van der Waals surface area contributed by atoms with Gasteiger partial charge in [0.2, 0.25) is 0 Å². The number of hydrogen-bond donors (Lipinski definition) is 10. The van der Waals surface area contributed by atoms with Crippen LogP contribution in [-0.4, -0.2) is 124 Å². The number of nitrogens with zero attached hydrogens (tertiary/aromatic N) is 2. The highest BCUT2D eigenvalue weighted by atomic mass is 79.9. The topological polar surface area (TPSA) is 266 Å². The second-order valence-corrected chi connectivity index (χ2v) is 13.6. The molecule has 0 bridgehead atoms. The van der Waals surface area contributed by atoms with Crippen LogP contribution in [0.15, 0.2) is 65.1 Å². The Labute approximate surface area is 317 Å². The third-order valence-electron chi connectivity index (χ3n) is 7.39. The summed E-state index contributed by atoms with van der Waals surface area (Å²) in [6.45, 7) is -2.27. The van der Waals surface area contributed by atoms with Gasteiger partial charge in [-0.15, -0.1) is 0 Å². The molecule has 0 aliphatic heterocycles. The first kappa shape index (κ1) is 42.1. The Morgan fingerprint density at radius 2 is 1.22 bits per heavy atom. The second-order valence-electron chi connectivity index (χ2n) is 11.1. The number of amides is 4. The van der Waals surface area contributed by atoms with Crippen LogP contribution in [0.1, 0.15) is 47.0 Å². The third kappa shape index (κ3) is 11.1. The average Bonchev–Trinajstić information content (AvgIpc) is 3.13. The van der Waals surface area contributed by atoms with Gasteiger partial charge in [0.15, 0.2) is 0 Å². The van der Waals surface area contributed by atoms with Crippen molar-refractivity contribution in [2.45, 2.75) is 37.1 Å². The van der Waals surface area contributed by atoms with E-state index in [0.29, 0.717) is 17.8 Å². The molecule has 0 radical (unpaired) electrons. The number of carbonyl (C=O) groups is 4. The fraction of sp³-hybridized carbons (Fsp3) is 0.312. The molecule has 3 aromatic carbocycles. The maximum Gasteiger partial charge on any atom is 0.267 e. The summed E-state index contributed by atoms with van der Waals surface area (Å²) in [6.07, 6.45) is -8.81. The lowest BCUT2D eigenvalue weighted by Crippen LogP contribution is -2.49. The Morgan fingerprint density at radius 3 is 1.76 bits per heavy atom. The summed E-state index contributed by atoms with van der Waals surface area (Å²) in [6, 6.07) is 15.1. The number of nitrogens with two attached hydrogens (primary N) is 1. The molecule has 0 aromatic heterocycles. The van der Waals surface area contributed by atoms with E-state index in [4.69, 9.17) is 10.8 Å². The number of aliphatic hydroxyl groups is 7. The van der Waals surface area contributed by atoms with E-state index < -0.39 is 74.5 Å². The first-order chi connectivity index (χ1) is 24.1. The molecule has 0 fully saturated rings. The highest BCUT2D eigenvalue weighted by molar-refractivity contribution is 9.10. The molecule has 51 heavy (non-hydrogen) atoms. The summed E-state index contributed by atoms with van der Waals surface area (Å²) in [5.41, 5.74) is 6.89. The van der Waals surface area contributed by atoms with E-state index in [1.54, 1.807) is 24.3 Å². The first-order valence-corrected chi connectivity index (χ1v) is 17.3. The minimum absolute atomic E-state index is 0.0765. The van der Waals surface area contributed by atoms with Crippen LogP contribution in [0.2, 0.25) is 0 Å². The number of anilines is 2. The van der Waals surface area contributed by atoms with Crippen molar-refractivity contribution in [2.24, 2.45) is 5.73 Å². The number of carbonyl (C=O) groups excluding carboxylic acids is 4. The van der Waals surface area contributed by atoms with E-state index >= 15 is 0 Å². The number of aliphatic hydroxyl groups excluding tert-OH is 7. The van der Waals surface area contributed by atoms with E-state index in [9.17, 15) is 49.8 Å². The summed E-state index contributed by atoms with van der Waals surface area (Å²) in [5, 5.41) is 73.5. The average molecular weight is 906 g/mol. The van der Waals surface area contributed by atoms with Crippen LogP contribution in [0, 0.1) is 0 Å². The molecule has 3 aromatic rings. The molecule has 0 saturated heterocycles. The first-order valence-electron chi connectivity index (χ1n) is 15.0. The van der Waals surface area contributed by atoms with Gasteiger partial charge < -0.3 is 52.1 Å². The number of halogens is 3. The lowest BCUT2D eigenvalue weighted by atomic mass is 10.0. The number of nitrogens with one attached hydrogen (secondary N) is 2. The predicted octanol–water partition coefficient (Wildman–Crippen LogP) is 0.706. The lowest BCUT2D eigenvalue weighted by Gasteiger charge is -2.28. The molecule has 0 saturated carbocycles. The summed E-state index contributed by atoms with van der Waals surface area (Å²) in [5.74, 6) is -2.77. The van der Waals surface area contributed by atoms with Crippen molar-refractivity contribution in [3.05, 3.63) is 93.0 Å². The fourth-order valence-electron chi connectivity index (χ4n) is 4.45. The van der Waals surface area contributed by atoms with Crippen molar-refractivity contribution in [3.8, 4) is 0 Å². The smallest absolute Gasteiger partial charge is 0.267 e. The molecule has 3 rings (SSSR count). The van der Waals surface area contributed by atoms with Gasteiger partial charge in [0.05, 0.1) is 81.5 Å². The Bertz CT molecular complexity index is 1680. The maximum absolute atomic E-state index is 13.6. The van der Waals surface area contributed by atoms with Crippen LogP contribution < -0.4 is 16.4 Å². The Hall–Kier alpha value is -3.34. The van der Waals surface area contributed by atoms with Gasteiger partial charge in [-0.05, 0) is 70.0 Å². The summed E-state index contributed by atoms with van der Waals surface area (Å²) in [7, 11) is 0. The summed E-state index contributed by atoms with van der Waals surface area (Å²) < 4.78 is 1.52. The molecule has 11 N–H and O–H groups in total. The van der Waals surface area contributed by atoms with Crippen LogP contribution in [0.4, 0.5) is 11.4 Å². The van der Waals surface area contributed by atoms with E-state index in [-0.39, 0.29) is 32.8 Å². The molecule has 5 unspecified atom stereocenters. The second kappa shape index (κ2) is 19.5. The van der Waals surface area contributed by atoms with Crippen molar-refractivity contribution in [3.63, 3.8) is 0 Å². The lowest BCUT2D eigenvalue weighted by molar-refractivity contribution is -0.115. The molecule has 4 amide bonds. The molecule has 5 atom stereocenters. The van der Waals surface area contributed by atoms with Gasteiger partial charge in [-0.2, -0.15) is 0 Å². The van der Waals surface area contributed by atoms with Crippen molar-refractivity contribution < 1.29 is 54.9 Å². The van der Waals surface area contributed by atoms with Crippen LogP contribution >= 0.6 is 48.2 Å². The molecule has 0 aliphatic rings. The molecule has 0 heterocycles. The van der Waals surface area contributed by atoms with E-state index in [2.05, 4.69) is 58.9 Å². The minimum Gasteiger partial charge on any atom is -0.394 e. The molecular formula is C32H36Br3N5O11. The monoisotopic (exact) mass is 903 g/mol. The number of benzene rings is 3. The zero-order valence-corrected chi connectivity index (χ0v) is 31.3. The summed E-state index contributed by atoms with van der Waals surface area (Å²) in [4.78, 5) is 53.0. The standard InChI is InChI=1S/C32H36Br3N5O11/c33-26-21(31(50)40(35)13-23(44)27(46)28(47)24(45)15-42)9-10-22(25(26)32(51)39(34)12-20(43)14-41)38-30(49)18-5-7-19(8-6-18)37-29(48)17-3-1-16(11-36)2-4-17/h1-10,20,23-24,27-28,41-47H,11-15,36H2,(H,37,48)(H,38,49). The highest BCUT2D eigenvalue weighted by Crippen LogP contribution is 2.33. The number of rotatable bonds is 16. The molecule has 16 nitrogen and oxygen atoms in total. The molecule has 0 spiro atoms. The quantitative estimate of drug-likeness (QED) is 0.0892. The zero-order valence-electron chi connectivity index (χ0n) is 26.6. The maximum atomic E-state index is 13.6. The van der Waals surface area contributed by atoms with Gasteiger partial charge in [-0.3, -0.25) is 27.0 Å². The van der Waals surface area contributed by atoms with Crippen LogP contribution in [-0.2, 0) is 6.54 Å². The normalized spacial score (nSPS) is 14.1. The van der Waals surface area contributed by atoms with Gasteiger partial charge >= 0.3 is 0 Å². The van der Waals surface area contributed by atoms with Gasteiger partial charge in [0, 0.05) is 27.8 Å². The van der Waals surface area contributed by atoms with Crippen LogP contribution in [0.3, 0.4) is 0 Å². The third-order valence-corrected chi connectivity index (χ3v) is 9.43. The molecular weight excluding hydrogens is 870 g/mol. The van der Waals surface area contributed by atoms with Gasteiger partial charge in [0.1, 0.15) is 24.4 Å². The predicted molar refractivity (Wildman–Crippen MR) is 195 cm³/mol. The zero-order chi connectivity index (χ0) is 38.0. The van der Waals surface area contributed by atoms with Crippen molar-refractivity contribution in [1.29, 1.82) is 0 Å². The van der Waals surface area contributed by atoms with Crippen LogP contribution in [0.25, 0.3) is 0 Å². The Balaban J connectivity index is 1.86. The van der Waals surface area contributed by atoms with Crippen molar-refractivity contribution in [2.75, 3.05) is 36.9 Å². The SMILES string of the molecule is NCc1ccc(C(=O)Nc2ccc(C(=O)Nc3ccc(C(=O)N(Br)CC(O)C(O)C(O)C(O)CO)c(Br)c3C(=O)N(Br)CC(O)CO)cc2)cc1. The molecule has 19 heteroatoms. The fourth-order valence-corrected chi connectivity index (χ4v) is 6.13. The number of hydrogen-bond acceptors (Lipinski definition) is 12. The Kier molecular flexibility index (Phi) is 16.1. The Morgan fingerprint density at radius 1 is 0.686 bits per heavy atom. The van der Waals surface area contributed by atoms with Gasteiger partial charge in [-0.1, -0.05) is 12.1 Å². The molecule has 276 valence electrons. The highest BCUT2D eigenvalue weighted by Gasteiger charge is 2.33. The van der Waals surface area contributed by atoms with Crippen molar-refractivity contribution in [1.82, 2.24) is 7.85 Å². The van der Waals surface area contributed by atoms with Crippen LogP contribution in [0.5, 0.6) is 0 Å². The van der Waals surface area contributed by atoms with E-state index in [1.165, 1.54) is 36.4 Å².